The van der Waals surface area contributed by atoms with Crippen molar-refractivity contribution in [2.75, 3.05) is 19.5 Å². The quantitative estimate of drug-likeness (QED) is 0.364. The van der Waals surface area contributed by atoms with E-state index in [1.807, 2.05) is 0 Å². The molecule has 0 amide bonds. The molecule has 1 heteroatoms. The Morgan fingerprint density at radius 3 is 2.00 bits per heavy atom. The molecule has 0 heterocycles. The normalized spacial score (nSPS) is 26.2. The summed E-state index contributed by atoms with van der Waals surface area (Å²) in [6.45, 7) is 9.19. The standard InChI is InChI=1S/C20H41P/c1-5-6-13-18-21(3,4,19-14-9-7-10-15-19)20(2)16-11-8-12-17-20/h19H,5-18H2,1-4H3. The summed E-state index contributed by atoms with van der Waals surface area (Å²) < 4.78 is 0. The Labute approximate surface area is 134 Å². The summed E-state index contributed by atoms with van der Waals surface area (Å²) in [5.41, 5.74) is 1.10. The molecule has 0 aliphatic heterocycles. The molecule has 0 bridgehead atoms. The predicted molar refractivity (Wildman–Crippen MR) is 102 cm³/mol. The van der Waals surface area contributed by atoms with Gasteiger partial charge < -0.3 is 0 Å². The summed E-state index contributed by atoms with van der Waals surface area (Å²) in [6.07, 6.45) is 21.2. The minimum absolute atomic E-state index is 0.708. The van der Waals surface area contributed by atoms with E-state index in [2.05, 4.69) is 27.2 Å². The molecular weight excluding hydrogens is 271 g/mol. The number of hydrogen-bond acceptors (Lipinski definition) is 0. The Balaban J connectivity index is 2.26. The van der Waals surface area contributed by atoms with Gasteiger partial charge in [-0.1, -0.05) is 0 Å². The molecule has 2 rings (SSSR count). The molecular formula is C20H41P. The van der Waals surface area contributed by atoms with E-state index in [-0.39, 0.29) is 0 Å². The van der Waals surface area contributed by atoms with Gasteiger partial charge in [-0.25, -0.2) is 0 Å². The van der Waals surface area contributed by atoms with Crippen LogP contribution in [-0.2, 0) is 0 Å². The van der Waals surface area contributed by atoms with E-state index in [9.17, 15) is 0 Å². The zero-order valence-electron chi connectivity index (χ0n) is 15.4. The Bertz CT molecular complexity index is 319. The van der Waals surface area contributed by atoms with E-state index in [1.54, 1.807) is 31.8 Å². The van der Waals surface area contributed by atoms with E-state index in [4.69, 9.17) is 0 Å². The van der Waals surface area contributed by atoms with Crippen molar-refractivity contribution in [2.24, 2.45) is 0 Å². The monoisotopic (exact) mass is 312 g/mol. The fourth-order valence-electron chi connectivity index (χ4n) is 5.70. The van der Waals surface area contributed by atoms with Crippen LogP contribution in [-0.4, -0.2) is 30.3 Å². The Hall–Kier alpha value is 0.430. The van der Waals surface area contributed by atoms with Crippen LogP contribution in [0.3, 0.4) is 0 Å². The molecule has 0 aromatic heterocycles. The summed E-state index contributed by atoms with van der Waals surface area (Å²) in [5, 5.41) is 0.708. The van der Waals surface area contributed by atoms with Crippen molar-refractivity contribution < 1.29 is 0 Å². The summed E-state index contributed by atoms with van der Waals surface area (Å²) in [5.74, 6) is 0. The Morgan fingerprint density at radius 2 is 1.43 bits per heavy atom. The second kappa shape index (κ2) is 6.90. The van der Waals surface area contributed by atoms with Crippen LogP contribution in [0.25, 0.3) is 0 Å². The molecule has 0 spiro atoms. The SMILES string of the molecule is CCCCCP(C)(C)(C1CCCCC1)C1(C)CCCCC1. The minimum atomic E-state index is -1.60. The van der Waals surface area contributed by atoms with E-state index >= 15 is 0 Å². The van der Waals surface area contributed by atoms with Gasteiger partial charge in [-0.05, 0) is 0 Å². The fraction of sp³-hybridized carbons (Fsp3) is 1.00. The van der Waals surface area contributed by atoms with Crippen LogP contribution in [0.5, 0.6) is 0 Å². The second-order valence-electron chi connectivity index (χ2n) is 9.29. The topological polar surface area (TPSA) is 0 Å². The van der Waals surface area contributed by atoms with Crippen molar-refractivity contribution in [1.29, 1.82) is 0 Å². The van der Waals surface area contributed by atoms with Gasteiger partial charge in [0, 0.05) is 0 Å². The third-order valence-corrected chi connectivity index (χ3v) is 16.4. The zero-order chi connectivity index (χ0) is 15.4. The average molecular weight is 313 g/mol. The molecule has 0 N–H and O–H groups in total. The van der Waals surface area contributed by atoms with Crippen LogP contribution in [0.15, 0.2) is 0 Å². The molecule has 0 aromatic carbocycles. The maximum absolute atomic E-state index is 2.85. The zero-order valence-corrected chi connectivity index (χ0v) is 16.3. The first-order valence-corrected chi connectivity index (χ1v) is 13.3. The van der Waals surface area contributed by atoms with Crippen molar-refractivity contribution in [3.63, 3.8) is 0 Å². The molecule has 0 radical (unpaired) electrons. The van der Waals surface area contributed by atoms with Gasteiger partial charge in [-0.2, -0.15) is 0 Å². The third-order valence-electron chi connectivity index (χ3n) is 7.90. The van der Waals surface area contributed by atoms with Crippen LogP contribution >= 0.6 is 6.60 Å². The van der Waals surface area contributed by atoms with Gasteiger partial charge in [-0.15, -0.1) is 0 Å². The van der Waals surface area contributed by atoms with Gasteiger partial charge in [0.05, 0.1) is 0 Å². The van der Waals surface area contributed by atoms with E-state index in [1.165, 1.54) is 57.8 Å². The predicted octanol–water partition coefficient (Wildman–Crippen LogP) is 7.05. The molecule has 2 aliphatic carbocycles. The molecule has 0 aromatic rings. The van der Waals surface area contributed by atoms with Gasteiger partial charge in [-0.3, -0.25) is 0 Å². The summed E-state index contributed by atoms with van der Waals surface area (Å²) in [6, 6.07) is 0. The molecule has 126 valence electrons. The molecule has 2 saturated carbocycles. The van der Waals surface area contributed by atoms with E-state index in [0.717, 1.165) is 5.66 Å². The molecule has 2 fully saturated rings. The number of rotatable bonds is 6. The molecule has 0 atom stereocenters. The fourth-order valence-corrected chi connectivity index (χ4v) is 12.5. The van der Waals surface area contributed by atoms with E-state index < -0.39 is 6.60 Å². The van der Waals surface area contributed by atoms with Crippen LogP contribution in [0.2, 0.25) is 0 Å². The summed E-state index contributed by atoms with van der Waals surface area (Å²) in [7, 11) is 0. The molecule has 21 heavy (non-hydrogen) atoms. The first kappa shape index (κ1) is 17.8. The van der Waals surface area contributed by atoms with E-state index in [0.29, 0.717) is 5.16 Å². The maximum atomic E-state index is 2.85. The van der Waals surface area contributed by atoms with Crippen molar-refractivity contribution in [3.05, 3.63) is 0 Å². The Kier molecular flexibility index (Phi) is 5.84. The first-order chi connectivity index (χ1) is 9.92. The van der Waals surface area contributed by atoms with Gasteiger partial charge in [0.25, 0.3) is 0 Å². The number of hydrogen-bond donors (Lipinski definition) is 0. The van der Waals surface area contributed by atoms with Gasteiger partial charge in [0.15, 0.2) is 0 Å². The molecule has 0 saturated heterocycles. The van der Waals surface area contributed by atoms with Gasteiger partial charge in [0.2, 0.25) is 0 Å². The number of unbranched alkanes of at least 4 members (excludes halogenated alkanes) is 2. The second-order valence-corrected chi connectivity index (χ2v) is 16.6. The molecule has 2 aliphatic rings. The van der Waals surface area contributed by atoms with Crippen molar-refractivity contribution in [1.82, 2.24) is 0 Å². The van der Waals surface area contributed by atoms with Crippen molar-refractivity contribution >= 4 is 6.60 Å². The molecule has 0 nitrogen and oxygen atoms in total. The van der Waals surface area contributed by atoms with Crippen molar-refractivity contribution in [2.45, 2.75) is 108 Å². The molecule has 0 unspecified atom stereocenters. The third kappa shape index (κ3) is 3.36. The summed E-state index contributed by atoms with van der Waals surface area (Å²) in [4.78, 5) is 0. The van der Waals surface area contributed by atoms with Gasteiger partial charge >= 0.3 is 134 Å². The van der Waals surface area contributed by atoms with Crippen LogP contribution in [0, 0.1) is 0 Å². The van der Waals surface area contributed by atoms with Crippen molar-refractivity contribution in [3.8, 4) is 0 Å². The average Bonchev–Trinajstić information content (AvgIpc) is 2.49. The first-order valence-electron chi connectivity index (χ1n) is 9.92. The Morgan fingerprint density at radius 1 is 0.857 bits per heavy atom. The van der Waals surface area contributed by atoms with Crippen LogP contribution in [0.1, 0.15) is 97.3 Å². The van der Waals surface area contributed by atoms with Crippen LogP contribution in [0.4, 0.5) is 0 Å². The van der Waals surface area contributed by atoms with Gasteiger partial charge in [0.1, 0.15) is 0 Å². The summed E-state index contributed by atoms with van der Waals surface area (Å²) >= 11 is 0. The van der Waals surface area contributed by atoms with Crippen LogP contribution < -0.4 is 0 Å².